The standard InChI is InChI=1S/C21H22F3N3O/c22-21(23,24)15-4-3-5-16(14-15)27-12-10-26(11-13-27)9-8-18-17-6-1-2-7-19(17)25-20(18)28/h1-7,14,18H,8-13H2,(H,25,28). The molecule has 2 aliphatic heterocycles. The molecule has 1 N–H and O–H groups in total. The summed E-state index contributed by atoms with van der Waals surface area (Å²) < 4.78 is 38.8. The third-order valence-electron chi connectivity index (χ3n) is 5.56. The number of piperazine rings is 1. The first-order chi connectivity index (χ1) is 13.4. The molecule has 0 aliphatic carbocycles. The smallest absolute Gasteiger partial charge is 0.369 e. The maximum Gasteiger partial charge on any atom is 0.416 e. The van der Waals surface area contributed by atoms with Crippen LogP contribution in [0.15, 0.2) is 48.5 Å². The summed E-state index contributed by atoms with van der Waals surface area (Å²) >= 11 is 0. The molecule has 0 radical (unpaired) electrons. The van der Waals surface area contributed by atoms with Crippen molar-refractivity contribution in [1.29, 1.82) is 0 Å². The monoisotopic (exact) mass is 389 g/mol. The molecule has 0 spiro atoms. The molecule has 1 atom stereocenters. The van der Waals surface area contributed by atoms with Crippen molar-refractivity contribution in [1.82, 2.24) is 4.90 Å². The number of hydrogen-bond acceptors (Lipinski definition) is 3. The van der Waals surface area contributed by atoms with Crippen molar-refractivity contribution in [3.05, 3.63) is 59.7 Å². The molecule has 148 valence electrons. The molecule has 28 heavy (non-hydrogen) atoms. The molecule has 2 aliphatic rings. The number of nitrogens with zero attached hydrogens (tertiary/aromatic N) is 2. The summed E-state index contributed by atoms with van der Waals surface area (Å²) in [6, 6.07) is 13.3. The molecule has 4 rings (SSSR count). The van der Waals surface area contributed by atoms with E-state index in [0.717, 1.165) is 43.4 Å². The number of amides is 1. The summed E-state index contributed by atoms with van der Waals surface area (Å²) in [4.78, 5) is 16.5. The minimum absolute atomic E-state index is 0.0452. The zero-order valence-electron chi connectivity index (χ0n) is 15.4. The Hall–Kier alpha value is -2.54. The minimum Gasteiger partial charge on any atom is -0.369 e. The number of anilines is 2. The van der Waals surface area contributed by atoms with E-state index >= 15 is 0 Å². The van der Waals surface area contributed by atoms with E-state index in [1.54, 1.807) is 6.07 Å². The molecule has 0 saturated carbocycles. The third-order valence-corrected chi connectivity index (χ3v) is 5.56. The lowest BCUT2D eigenvalue weighted by atomic mass is 9.97. The van der Waals surface area contributed by atoms with Crippen molar-refractivity contribution in [2.24, 2.45) is 0 Å². The number of nitrogens with one attached hydrogen (secondary N) is 1. The lowest BCUT2D eigenvalue weighted by Gasteiger charge is -2.36. The van der Waals surface area contributed by atoms with Crippen molar-refractivity contribution < 1.29 is 18.0 Å². The SMILES string of the molecule is O=C1Nc2ccccc2C1CCN1CCN(c2cccc(C(F)(F)F)c2)CC1. The van der Waals surface area contributed by atoms with Crippen LogP contribution in [0.3, 0.4) is 0 Å². The van der Waals surface area contributed by atoms with Crippen LogP contribution >= 0.6 is 0 Å². The van der Waals surface area contributed by atoms with Gasteiger partial charge in [-0.1, -0.05) is 24.3 Å². The van der Waals surface area contributed by atoms with Gasteiger partial charge in [-0.15, -0.1) is 0 Å². The number of carbonyl (C=O) groups excluding carboxylic acids is 1. The molecular weight excluding hydrogens is 367 g/mol. The number of hydrogen-bond donors (Lipinski definition) is 1. The van der Waals surface area contributed by atoms with E-state index in [1.165, 1.54) is 12.1 Å². The fourth-order valence-corrected chi connectivity index (χ4v) is 3.98. The summed E-state index contributed by atoms with van der Waals surface area (Å²) in [6.45, 7) is 3.69. The summed E-state index contributed by atoms with van der Waals surface area (Å²) in [5.41, 5.74) is 1.94. The topological polar surface area (TPSA) is 35.6 Å². The number of benzene rings is 2. The van der Waals surface area contributed by atoms with Gasteiger partial charge >= 0.3 is 6.18 Å². The van der Waals surface area contributed by atoms with Crippen molar-refractivity contribution in [2.75, 3.05) is 42.9 Å². The lowest BCUT2D eigenvalue weighted by molar-refractivity contribution is -0.137. The molecule has 1 amide bonds. The zero-order valence-corrected chi connectivity index (χ0v) is 15.4. The van der Waals surface area contributed by atoms with Crippen LogP contribution in [-0.4, -0.2) is 43.5 Å². The van der Waals surface area contributed by atoms with Gasteiger partial charge in [0.1, 0.15) is 0 Å². The van der Waals surface area contributed by atoms with Gasteiger partial charge in [0, 0.05) is 37.6 Å². The molecule has 2 aromatic carbocycles. The van der Waals surface area contributed by atoms with Gasteiger partial charge in [-0.05, 0) is 42.8 Å². The molecule has 2 heterocycles. The summed E-state index contributed by atoms with van der Waals surface area (Å²) in [7, 11) is 0. The summed E-state index contributed by atoms with van der Waals surface area (Å²) in [6.07, 6.45) is -3.58. The maximum atomic E-state index is 12.9. The quantitative estimate of drug-likeness (QED) is 0.860. The van der Waals surface area contributed by atoms with Gasteiger partial charge in [-0.2, -0.15) is 13.2 Å². The maximum absolute atomic E-state index is 12.9. The largest absolute Gasteiger partial charge is 0.416 e. The number of alkyl halides is 3. The van der Waals surface area contributed by atoms with Crippen molar-refractivity contribution in [3.63, 3.8) is 0 Å². The van der Waals surface area contributed by atoms with Crippen molar-refractivity contribution >= 4 is 17.3 Å². The second-order valence-corrected chi connectivity index (χ2v) is 7.29. The minimum atomic E-state index is -4.32. The number of halogens is 3. The van der Waals surface area contributed by atoms with Crippen LogP contribution in [0, 0.1) is 0 Å². The zero-order chi connectivity index (χ0) is 19.7. The Labute approximate surface area is 161 Å². The summed E-state index contributed by atoms with van der Waals surface area (Å²) in [5, 5.41) is 2.92. The van der Waals surface area contributed by atoms with E-state index in [1.807, 2.05) is 29.2 Å². The molecule has 1 saturated heterocycles. The van der Waals surface area contributed by atoms with E-state index in [9.17, 15) is 18.0 Å². The first kappa shape index (κ1) is 18.8. The van der Waals surface area contributed by atoms with Gasteiger partial charge in [0.2, 0.25) is 5.91 Å². The predicted octanol–water partition coefficient (Wildman–Crippen LogP) is 3.95. The van der Waals surface area contributed by atoms with Gasteiger partial charge in [-0.3, -0.25) is 9.69 Å². The van der Waals surface area contributed by atoms with Gasteiger partial charge in [-0.25, -0.2) is 0 Å². The van der Waals surface area contributed by atoms with Crippen LogP contribution in [0.25, 0.3) is 0 Å². The molecule has 7 heteroatoms. The highest BCUT2D eigenvalue weighted by molar-refractivity contribution is 6.02. The average Bonchev–Trinajstić information content (AvgIpc) is 3.01. The van der Waals surface area contributed by atoms with E-state index in [-0.39, 0.29) is 11.8 Å². The Morgan fingerprint density at radius 3 is 2.50 bits per heavy atom. The van der Waals surface area contributed by atoms with Crippen LogP contribution in [0.2, 0.25) is 0 Å². The normalized spacial score (nSPS) is 20.2. The molecular formula is C21H22F3N3O. The fourth-order valence-electron chi connectivity index (χ4n) is 3.98. The van der Waals surface area contributed by atoms with Gasteiger partial charge in [0.05, 0.1) is 11.5 Å². The first-order valence-corrected chi connectivity index (χ1v) is 9.46. The number of rotatable bonds is 4. The number of fused-ring (bicyclic) bond motifs is 1. The predicted molar refractivity (Wildman–Crippen MR) is 103 cm³/mol. The first-order valence-electron chi connectivity index (χ1n) is 9.46. The molecule has 1 fully saturated rings. The highest BCUT2D eigenvalue weighted by atomic mass is 19.4. The Bertz CT molecular complexity index is 860. The van der Waals surface area contributed by atoms with Crippen LogP contribution in [-0.2, 0) is 11.0 Å². The van der Waals surface area contributed by atoms with E-state index in [4.69, 9.17) is 0 Å². The molecule has 2 aromatic rings. The second-order valence-electron chi connectivity index (χ2n) is 7.29. The van der Waals surface area contributed by atoms with Crippen molar-refractivity contribution in [2.45, 2.75) is 18.5 Å². The van der Waals surface area contributed by atoms with Gasteiger partial charge < -0.3 is 10.2 Å². The van der Waals surface area contributed by atoms with Gasteiger partial charge in [0.15, 0.2) is 0 Å². The third kappa shape index (κ3) is 3.85. The molecule has 4 nitrogen and oxygen atoms in total. The van der Waals surface area contributed by atoms with E-state index in [2.05, 4.69) is 10.2 Å². The molecule has 0 aromatic heterocycles. The highest BCUT2D eigenvalue weighted by Crippen LogP contribution is 2.35. The number of carbonyl (C=O) groups is 1. The van der Waals surface area contributed by atoms with Gasteiger partial charge in [0.25, 0.3) is 0 Å². The van der Waals surface area contributed by atoms with Crippen LogP contribution in [0.4, 0.5) is 24.5 Å². The Morgan fingerprint density at radius 1 is 1.00 bits per heavy atom. The summed E-state index contributed by atoms with van der Waals surface area (Å²) in [5.74, 6) is -0.0819. The van der Waals surface area contributed by atoms with E-state index < -0.39 is 11.7 Å². The Balaban J connectivity index is 1.32. The molecule has 0 bridgehead atoms. The van der Waals surface area contributed by atoms with Crippen LogP contribution in [0.5, 0.6) is 0 Å². The molecule has 1 unspecified atom stereocenters. The highest BCUT2D eigenvalue weighted by Gasteiger charge is 2.32. The van der Waals surface area contributed by atoms with Crippen molar-refractivity contribution in [3.8, 4) is 0 Å². The van der Waals surface area contributed by atoms with E-state index in [0.29, 0.717) is 18.8 Å². The second kappa shape index (κ2) is 7.47. The fraction of sp³-hybridized carbons (Fsp3) is 0.381. The Kier molecular flexibility index (Phi) is 5.02. The van der Waals surface area contributed by atoms with Crippen LogP contribution in [0.1, 0.15) is 23.5 Å². The Morgan fingerprint density at radius 2 is 1.75 bits per heavy atom. The average molecular weight is 389 g/mol. The lowest BCUT2D eigenvalue weighted by Crippen LogP contribution is -2.47. The van der Waals surface area contributed by atoms with Crippen LogP contribution < -0.4 is 10.2 Å². The number of para-hydroxylation sites is 1.